The topological polar surface area (TPSA) is 99.1 Å². The van der Waals surface area contributed by atoms with Crippen LogP contribution in [0.5, 0.6) is 0 Å². The molecule has 2 aromatic rings. The number of nitrogens with two attached hydrogens (primary N) is 1. The SMILES string of the molecule is Nc1ncc(C(=O)c2ccccc2)cc1[N+](=O)[O-]. The van der Waals surface area contributed by atoms with Crippen LogP contribution in [0.3, 0.4) is 0 Å². The summed E-state index contributed by atoms with van der Waals surface area (Å²) in [6.07, 6.45) is 1.23. The Morgan fingerprint density at radius 3 is 2.50 bits per heavy atom. The Kier molecular flexibility index (Phi) is 3.01. The number of hydrogen-bond donors (Lipinski definition) is 1. The van der Waals surface area contributed by atoms with Crippen molar-refractivity contribution in [1.29, 1.82) is 0 Å². The van der Waals surface area contributed by atoms with Crippen molar-refractivity contribution in [2.45, 2.75) is 0 Å². The molecule has 0 saturated heterocycles. The van der Waals surface area contributed by atoms with Crippen molar-refractivity contribution in [3.63, 3.8) is 0 Å². The number of pyridine rings is 1. The van der Waals surface area contributed by atoms with Crippen molar-refractivity contribution < 1.29 is 9.72 Å². The number of nitrogens with zero attached hydrogens (tertiary/aromatic N) is 2. The van der Waals surface area contributed by atoms with Gasteiger partial charge in [-0.2, -0.15) is 0 Å². The maximum Gasteiger partial charge on any atom is 0.311 e. The number of benzene rings is 1. The minimum absolute atomic E-state index is 0.141. The molecule has 2 rings (SSSR count). The highest BCUT2D eigenvalue weighted by Crippen LogP contribution is 2.21. The first-order chi connectivity index (χ1) is 8.59. The molecule has 0 aliphatic heterocycles. The van der Waals surface area contributed by atoms with Gasteiger partial charge in [0, 0.05) is 23.4 Å². The Morgan fingerprint density at radius 1 is 1.22 bits per heavy atom. The second-order valence-electron chi connectivity index (χ2n) is 3.58. The lowest BCUT2D eigenvalue weighted by Crippen LogP contribution is -2.05. The average molecular weight is 243 g/mol. The summed E-state index contributed by atoms with van der Waals surface area (Å²) in [5, 5.41) is 10.7. The number of hydrogen-bond acceptors (Lipinski definition) is 5. The van der Waals surface area contributed by atoms with Crippen LogP contribution in [-0.2, 0) is 0 Å². The molecule has 0 unspecified atom stereocenters. The third kappa shape index (κ3) is 2.17. The number of carbonyl (C=O) groups is 1. The molecular formula is C12H9N3O3. The highest BCUT2D eigenvalue weighted by atomic mass is 16.6. The molecular weight excluding hydrogens is 234 g/mol. The molecule has 0 radical (unpaired) electrons. The lowest BCUT2D eigenvalue weighted by Gasteiger charge is -2.02. The second kappa shape index (κ2) is 4.62. The molecule has 1 aromatic heterocycles. The molecule has 2 N–H and O–H groups in total. The van der Waals surface area contributed by atoms with Crippen LogP contribution >= 0.6 is 0 Å². The predicted octanol–water partition coefficient (Wildman–Crippen LogP) is 1.80. The molecule has 6 nitrogen and oxygen atoms in total. The maximum atomic E-state index is 12.0. The van der Waals surface area contributed by atoms with Gasteiger partial charge in [-0.25, -0.2) is 4.98 Å². The third-order valence-corrected chi connectivity index (χ3v) is 2.39. The Hall–Kier alpha value is -2.76. The van der Waals surface area contributed by atoms with Gasteiger partial charge in [0.2, 0.25) is 5.82 Å². The van der Waals surface area contributed by atoms with Crippen molar-refractivity contribution >= 4 is 17.3 Å². The maximum absolute atomic E-state index is 12.0. The van der Waals surface area contributed by atoms with Gasteiger partial charge in [-0.1, -0.05) is 30.3 Å². The Balaban J connectivity index is 2.44. The van der Waals surface area contributed by atoms with Crippen LogP contribution in [0, 0.1) is 10.1 Å². The molecule has 0 aliphatic rings. The predicted molar refractivity (Wildman–Crippen MR) is 65.2 cm³/mol. The molecule has 0 aliphatic carbocycles. The Morgan fingerprint density at radius 2 is 1.89 bits per heavy atom. The summed E-state index contributed by atoms with van der Waals surface area (Å²) in [5.41, 5.74) is 5.58. The number of carbonyl (C=O) groups excluding carboxylic acids is 1. The van der Waals surface area contributed by atoms with Gasteiger partial charge >= 0.3 is 5.69 Å². The van der Waals surface area contributed by atoms with Crippen LogP contribution in [-0.4, -0.2) is 15.7 Å². The van der Waals surface area contributed by atoms with E-state index in [1.165, 1.54) is 6.20 Å². The van der Waals surface area contributed by atoms with E-state index in [0.29, 0.717) is 5.56 Å². The quantitative estimate of drug-likeness (QED) is 0.503. The normalized spacial score (nSPS) is 10.0. The fraction of sp³-hybridized carbons (Fsp3) is 0. The van der Waals surface area contributed by atoms with E-state index in [1.54, 1.807) is 30.3 Å². The first kappa shape index (κ1) is 11.7. The third-order valence-electron chi connectivity index (χ3n) is 2.39. The zero-order valence-corrected chi connectivity index (χ0v) is 9.24. The molecule has 0 fully saturated rings. The summed E-state index contributed by atoms with van der Waals surface area (Å²) >= 11 is 0. The van der Waals surface area contributed by atoms with Gasteiger partial charge in [-0.05, 0) is 0 Å². The first-order valence-electron chi connectivity index (χ1n) is 5.09. The minimum atomic E-state index is -0.663. The molecule has 0 bridgehead atoms. The van der Waals surface area contributed by atoms with Crippen LogP contribution < -0.4 is 5.73 Å². The number of nitrogen functional groups attached to an aromatic ring is 1. The van der Waals surface area contributed by atoms with E-state index < -0.39 is 4.92 Å². The van der Waals surface area contributed by atoms with E-state index in [2.05, 4.69) is 4.98 Å². The fourth-order valence-electron chi connectivity index (χ4n) is 1.49. The Bertz CT molecular complexity index is 611. The highest BCUT2D eigenvalue weighted by molar-refractivity contribution is 6.09. The minimum Gasteiger partial charge on any atom is -0.378 e. The van der Waals surface area contributed by atoms with Crippen molar-refractivity contribution in [2.75, 3.05) is 5.73 Å². The van der Waals surface area contributed by atoms with E-state index in [1.807, 2.05) is 0 Å². The van der Waals surface area contributed by atoms with Gasteiger partial charge < -0.3 is 5.73 Å². The van der Waals surface area contributed by atoms with Gasteiger partial charge in [-0.3, -0.25) is 14.9 Å². The molecule has 0 amide bonds. The lowest BCUT2D eigenvalue weighted by molar-refractivity contribution is -0.384. The Labute approximate surface area is 102 Å². The molecule has 0 spiro atoms. The summed E-state index contributed by atoms with van der Waals surface area (Å²) < 4.78 is 0. The van der Waals surface area contributed by atoms with E-state index in [-0.39, 0.29) is 22.9 Å². The van der Waals surface area contributed by atoms with Crippen LogP contribution in [0.15, 0.2) is 42.6 Å². The molecule has 1 heterocycles. The van der Waals surface area contributed by atoms with Gasteiger partial charge in [0.25, 0.3) is 0 Å². The van der Waals surface area contributed by atoms with E-state index in [4.69, 9.17) is 5.73 Å². The summed E-state index contributed by atoms with van der Waals surface area (Å²) in [6, 6.07) is 9.60. The highest BCUT2D eigenvalue weighted by Gasteiger charge is 2.17. The molecule has 18 heavy (non-hydrogen) atoms. The van der Waals surface area contributed by atoms with Crippen molar-refractivity contribution in [2.24, 2.45) is 0 Å². The summed E-state index contributed by atoms with van der Waals surface area (Å²) in [6.45, 7) is 0. The molecule has 90 valence electrons. The lowest BCUT2D eigenvalue weighted by atomic mass is 10.0. The van der Waals surface area contributed by atoms with Gasteiger partial charge in [-0.15, -0.1) is 0 Å². The molecule has 0 saturated carbocycles. The number of rotatable bonds is 3. The van der Waals surface area contributed by atoms with Crippen molar-refractivity contribution in [1.82, 2.24) is 4.98 Å². The van der Waals surface area contributed by atoms with Crippen LogP contribution in [0.25, 0.3) is 0 Å². The van der Waals surface area contributed by atoms with Crippen LogP contribution in [0.4, 0.5) is 11.5 Å². The first-order valence-corrected chi connectivity index (χ1v) is 5.09. The van der Waals surface area contributed by atoms with Gasteiger partial charge in [0.05, 0.1) is 4.92 Å². The standard InChI is InChI=1S/C12H9N3O3/c13-12-10(15(17)18)6-9(7-14-12)11(16)8-4-2-1-3-5-8/h1-7H,(H2,13,14). The van der Waals surface area contributed by atoms with Crippen molar-refractivity contribution in [3.05, 3.63) is 63.8 Å². The second-order valence-corrected chi connectivity index (χ2v) is 3.58. The number of nitro groups is 1. The van der Waals surface area contributed by atoms with Crippen LogP contribution in [0.2, 0.25) is 0 Å². The fourth-order valence-corrected chi connectivity index (χ4v) is 1.49. The monoisotopic (exact) mass is 243 g/mol. The number of ketones is 1. The van der Waals surface area contributed by atoms with Crippen molar-refractivity contribution in [3.8, 4) is 0 Å². The summed E-state index contributed by atoms with van der Waals surface area (Å²) in [7, 11) is 0. The van der Waals surface area contributed by atoms with E-state index in [0.717, 1.165) is 6.07 Å². The van der Waals surface area contributed by atoms with Gasteiger partial charge in [0.1, 0.15) is 0 Å². The number of anilines is 1. The van der Waals surface area contributed by atoms with E-state index >= 15 is 0 Å². The average Bonchev–Trinajstić information content (AvgIpc) is 2.39. The number of aromatic nitrogens is 1. The largest absolute Gasteiger partial charge is 0.378 e. The zero-order chi connectivity index (χ0) is 13.1. The molecule has 0 atom stereocenters. The van der Waals surface area contributed by atoms with Crippen LogP contribution in [0.1, 0.15) is 15.9 Å². The molecule has 6 heteroatoms. The van der Waals surface area contributed by atoms with E-state index in [9.17, 15) is 14.9 Å². The summed E-state index contributed by atoms with van der Waals surface area (Å²) in [4.78, 5) is 25.7. The summed E-state index contributed by atoms with van der Waals surface area (Å²) in [5.74, 6) is -0.532. The smallest absolute Gasteiger partial charge is 0.311 e. The van der Waals surface area contributed by atoms with Gasteiger partial charge in [0.15, 0.2) is 5.78 Å². The zero-order valence-electron chi connectivity index (χ0n) is 9.24. The molecule has 1 aromatic carbocycles.